The Morgan fingerprint density at radius 2 is 2.31 bits per heavy atom. The van der Waals surface area contributed by atoms with Crippen LogP contribution in [0.4, 0.5) is 11.5 Å². The highest BCUT2D eigenvalue weighted by Crippen LogP contribution is 2.22. The Kier molecular flexibility index (Phi) is 3.31. The van der Waals surface area contributed by atoms with Gasteiger partial charge in [0.05, 0.1) is 22.8 Å². The van der Waals surface area contributed by atoms with Crippen molar-refractivity contribution in [1.29, 1.82) is 0 Å². The minimum atomic E-state index is 0.683. The number of hydrogen-bond donors (Lipinski definition) is 2. The summed E-state index contributed by atoms with van der Waals surface area (Å²) < 4.78 is 0.804. The number of aromatic nitrogens is 1. The number of nitrogens with two attached hydrogens (primary N) is 1. The summed E-state index contributed by atoms with van der Waals surface area (Å²) in [6.07, 6.45) is 1.65. The molecule has 2 rings (SSSR count). The Hall–Kier alpha value is -1.26. The van der Waals surface area contributed by atoms with Gasteiger partial charge in [0.15, 0.2) is 0 Å². The number of anilines is 2. The summed E-state index contributed by atoms with van der Waals surface area (Å²) in [5, 5.41) is 3.25. The maximum absolute atomic E-state index is 5.85. The molecular formula is C11H12ClN3S. The Balaban J connectivity index is 2.04. The van der Waals surface area contributed by atoms with Crippen LogP contribution in [0.2, 0.25) is 4.34 Å². The Morgan fingerprint density at radius 3 is 2.94 bits per heavy atom. The zero-order chi connectivity index (χ0) is 11.5. The summed E-state index contributed by atoms with van der Waals surface area (Å²) in [6, 6.07) is 5.80. The number of aryl methyl sites for hydroxylation is 1. The van der Waals surface area contributed by atoms with E-state index in [4.69, 9.17) is 17.3 Å². The highest BCUT2D eigenvalue weighted by molar-refractivity contribution is 7.16. The molecule has 0 spiro atoms. The fourth-order valence-electron chi connectivity index (χ4n) is 1.40. The van der Waals surface area contributed by atoms with Crippen molar-refractivity contribution >= 4 is 34.4 Å². The number of rotatable bonds is 3. The van der Waals surface area contributed by atoms with Crippen LogP contribution in [0.3, 0.4) is 0 Å². The van der Waals surface area contributed by atoms with E-state index in [1.165, 1.54) is 4.88 Å². The topological polar surface area (TPSA) is 50.9 Å². The number of halogens is 1. The van der Waals surface area contributed by atoms with Crippen LogP contribution in [0.1, 0.15) is 10.4 Å². The van der Waals surface area contributed by atoms with Gasteiger partial charge in [-0.05, 0) is 30.7 Å². The Bertz CT molecular complexity index is 496. The molecule has 0 radical (unpaired) electrons. The summed E-state index contributed by atoms with van der Waals surface area (Å²) in [4.78, 5) is 5.42. The molecule has 0 aromatic carbocycles. The highest BCUT2D eigenvalue weighted by atomic mass is 35.5. The molecule has 0 aliphatic heterocycles. The average molecular weight is 254 g/mol. The van der Waals surface area contributed by atoms with Crippen molar-refractivity contribution in [2.24, 2.45) is 0 Å². The third-order valence-corrected chi connectivity index (χ3v) is 3.39. The SMILES string of the molecule is Cc1cc(N)cnc1NCc1ccc(Cl)s1. The van der Waals surface area contributed by atoms with Gasteiger partial charge in [-0.3, -0.25) is 0 Å². The van der Waals surface area contributed by atoms with E-state index in [0.717, 1.165) is 22.3 Å². The average Bonchev–Trinajstić information content (AvgIpc) is 2.63. The van der Waals surface area contributed by atoms with Gasteiger partial charge in [0.2, 0.25) is 0 Å². The first-order valence-electron chi connectivity index (χ1n) is 4.85. The summed E-state index contributed by atoms with van der Waals surface area (Å²) in [6.45, 7) is 2.71. The molecule has 2 aromatic rings. The summed E-state index contributed by atoms with van der Waals surface area (Å²) >= 11 is 7.42. The number of hydrogen-bond acceptors (Lipinski definition) is 4. The van der Waals surface area contributed by atoms with E-state index in [2.05, 4.69) is 10.3 Å². The molecule has 2 aromatic heterocycles. The number of nitrogens with zero attached hydrogens (tertiary/aromatic N) is 1. The molecule has 0 aliphatic rings. The predicted octanol–water partition coefficient (Wildman–Crippen LogP) is 3.30. The van der Waals surface area contributed by atoms with E-state index in [9.17, 15) is 0 Å². The van der Waals surface area contributed by atoms with Crippen molar-refractivity contribution in [2.45, 2.75) is 13.5 Å². The van der Waals surface area contributed by atoms with Crippen LogP contribution in [0.25, 0.3) is 0 Å². The van der Waals surface area contributed by atoms with E-state index in [1.54, 1.807) is 17.5 Å². The number of nitrogens with one attached hydrogen (secondary N) is 1. The molecule has 0 atom stereocenters. The number of thiophene rings is 1. The van der Waals surface area contributed by atoms with Crippen LogP contribution in [0.5, 0.6) is 0 Å². The second-order valence-corrected chi connectivity index (χ2v) is 5.29. The second kappa shape index (κ2) is 4.72. The summed E-state index contributed by atoms with van der Waals surface area (Å²) in [5.74, 6) is 0.860. The van der Waals surface area contributed by atoms with Crippen molar-refractivity contribution in [2.75, 3.05) is 11.1 Å². The van der Waals surface area contributed by atoms with E-state index in [-0.39, 0.29) is 0 Å². The fraction of sp³-hybridized carbons (Fsp3) is 0.182. The van der Waals surface area contributed by atoms with Crippen LogP contribution >= 0.6 is 22.9 Å². The lowest BCUT2D eigenvalue weighted by molar-refractivity contribution is 1.12. The van der Waals surface area contributed by atoms with E-state index in [0.29, 0.717) is 5.69 Å². The molecular weight excluding hydrogens is 242 g/mol. The van der Waals surface area contributed by atoms with E-state index < -0.39 is 0 Å². The van der Waals surface area contributed by atoms with Gasteiger partial charge in [0.25, 0.3) is 0 Å². The van der Waals surface area contributed by atoms with Gasteiger partial charge in [-0.2, -0.15) is 0 Å². The van der Waals surface area contributed by atoms with Crippen LogP contribution < -0.4 is 11.1 Å². The molecule has 0 saturated heterocycles. The van der Waals surface area contributed by atoms with Gasteiger partial charge >= 0.3 is 0 Å². The summed E-state index contributed by atoms with van der Waals surface area (Å²) in [7, 11) is 0. The lowest BCUT2D eigenvalue weighted by Gasteiger charge is -2.07. The number of nitrogen functional groups attached to an aromatic ring is 1. The van der Waals surface area contributed by atoms with Gasteiger partial charge in [0.1, 0.15) is 5.82 Å². The standard InChI is InChI=1S/C11H12ClN3S/c1-7-4-8(13)5-14-11(7)15-6-9-2-3-10(12)16-9/h2-5H,6,13H2,1H3,(H,14,15). The first kappa shape index (κ1) is 11.2. The monoisotopic (exact) mass is 253 g/mol. The quantitative estimate of drug-likeness (QED) is 0.883. The van der Waals surface area contributed by atoms with Crippen molar-refractivity contribution in [1.82, 2.24) is 4.98 Å². The summed E-state index contributed by atoms with van der Waals surface area (Å²) in [5.41, 5.74) is 7.36. The van der Waals surface area contributed by atoms with Gasteiger partial charge < -0.3 is 11.1 Å². The molecule has 16 heavy (non-hydrogen) atoms. The Labute approximate surface area is 103 Å². The lowest BCUT2D eigenvalue weighted by Crippen LogP contribution is -2.02. The van der Waals surface area contributed by atoms with E-state index >= 15 is 0 Å². The first-order valence-corrected chi connectivity index (χ1v) is 6.05. The van der Waals surface area contributed by atoms with Crippen molar-refractivity contribution in [3.05, 3.63) is 39.2 Å². The van der Waals surface area contributed by atoms with Gasteiger partial charge in [-0.1, -0.05) is 11.6 Å². The number of pyridine rings is 1. The smallest absolute Gasteiger partial charge is 0.129 e. The lowest BCUT2D eigenvalue weighted by atomic mass is 10.2. The molecule has 5 heteroatoms. The van der Waals surface area contributed by atoms with Crippen LogP contribution in [0, 0.1) is 6.92 Å². The van der Waals surface area contributed by atoms with Crippen LogP contribution in [0.15, 0.2) is 24.4 Å². The highest BCUT2D eigenvalue weighted by Gasteiger charge is 2.01. The van der Waals surface area contributed by atoms with Crippen molar-refractivity contribution in [3.8, 4) is 0 Å². The molecule has 0 unspecified atom stereocenters. The molecule has 0 bridgehead atoms. The zero-order valence-electron chi connectivity index (χ0n) is 8.83. The van der Waals surface area contributed by atoms with Crippen LogP contribution in [-0.4, -0.2) is 4.98 Å². The minimum absolute atomic E-state index is 0.683. The minimum Gasteiger partial charge on any atom is -0.397 e. The third kappa shape index (κ3) is 2.65. The zero-order valence-corrected chi connectivity index (χ0v) is 10.4. The molecule has 0 saturated carbocycles. The normalized spacial score (nSPS) is 10.4. The molecule has 3 nitrogen and oxygen atoms in total. The third-order valence-electron chi connectivity index (χ3n) is 2.16. The Morgan fingerprint density at radius 1 is 1.50 bits per heavy atom. The fourth-order valence-corrected chi connectivity index (χ4v) is 2.43. The van der Waals surface area contributed by atoms with Crippen LogP contribution in [-0.2, 0) is 6.54 Å². The molecule has 0 aliphatic carbocycles. The van der Waals surface area contributed by atoms with Crippen molar-refractivity contribution < 1.29 is 0 Å². The maximum Gasteiger partial charge on any atom is 0.129 e. The molecule has 84 valence electrons. The first-order chi connectivity index (χ1) is 7.65. The van der Waals surface area contributed by atoms with Gasteiger partial charge in [0, 0.05) is 4.88 Å². The molecule has 0 fully saturated rings. The molecule has 2 heterocycles. The maximum atomic E-state index is 5.85. The predicted molar refractivity (Wildman–Crippen MR) is 70.0 cm³/mol. The largest absolute Gasteiger partial charge is 0.397 e. The molecule has 3 N–H and O–H groups in total. The van der Waals surface area contributed by atoms with Gasteiger partial charge in [-0.15, -0.1) is 11.3 Å². The van der Waals surface area contributed by atoms with Crippen molar-refractivity contribution in [3.63, 3.8) is 0 Å². The van der Waals surface area contributed by atoms with E-state index in [1.807, 2.05) is 25.1 Å². The van der Waals surface area contributed by atoms with Gasteiger partial charge in [-0.25, -0.2) is 4.98 Å². The second-order valence-electron chi connectivity index (χ2n) is 3.49. The molecule has 0 amide bonds.